The summed E-state index contributed by atoms with van der Waals surface area (Å²) in [5.74, 6) is 0. The molecule has 5 aromatic carbocycles. The monoisotopic (exact) mass is 722 g/mol. The van der Waals surface area contributed by atoms with Gasteiger partial charge < -0.3 is 14.1 Å². The molecule has 11 rings (SSSR count). The van der Waals surface area contributed by atoms with Gasteiger partial charge in [-0.2, -0.15) is 0 Å². The zero-order valence-corrected chi connectivity index (χ0v) is 34.6. The van der Waals surface area contributed by atoms with Gasteiger partial charge in [0.25, 0.3) is 0 Å². The Morgan fingerprint density at radius 3 is 2.11 bits per heavy atom. The maximum Gasteiger partial charge on any atom is 0.333 e. The van der Waals surface area contributed by atoms with Crippen molar-refractivity contribution >= 4 is 62.5 Å². The fourth-order valence-electron chi connectivity index (χ4n) is 12.1. The third-order valence-electron chi connectivity index (χ3n) is 15.6. The number of rotatable bonds is 1. The molecule has 0 radical (unpaired) electrons. The molecule has 1 aromatic heterocycles. The molecule has 0 bridgehead atoms. The topological polar surface area (TPSA) is 19.6 Å². The maximum absolute atomic E-state index is 6.98. The first-order valence-electron chi connectivity index (χ1n) is 21.1. The molecule has 4 heterocycles. The predicted molar refractivity (Wildman–Crippen MR) is 234 cm³/mol. The Balaban J connectivity index is 1.31. The molecule has 6 aromatic rings. The van der Waals surface area contributed by atoms with Crippen molar-refractivity contribution in [2.45, 2.75) is 135 Å². The summed E-state index contributed by atoms with van der Waals surface area (Å²) in [6.07, 6.45) is 7.35. The van der Waals surface area contributed by atoms with Gasteiger partial charge in [0.05, 0.1) is 10.9 Å². The van der Waals surface area contributed by atoms with Crippen molar-refractivity contribution in [3.63, 3.8) is 0 Å². The summed E-state index contributed by atoms with van der Waals surface area (Å²) in [5.41, 5.74) is 20.5. The highest BCUT2D eigenvalue weighted by Crippen LogP contribution is 2.63. The molecule has 4 heteroatoms. The minimum Gasteiger partial charge on any atom is -0.456 e. The highest BCUT2D eigenvalue weighted by Gasteiger charge is 2.62. The largest absolute Gasteiger partial charge is 0.456 e. The lowest BCUT2D eigenvalue weighted by Gasteiger charge is -2.53. The van der Waals surface area contributed by atoms with Gasteiger partial charge in [-0.05, 0) is 143 Å². The van der Waals surface area contributed by atoms with Crippen molar-refractivity contribution in [2.24, 2.45) is 0 Å². The van der Waals surface area contributed by atoms with Gasteiger partial charge in [0.2, 0.25) is 0 Å². The van der Waals surface area contributed by atoms with Crippen LogP contribution >= 0.6 is 0 Å². The van der Waals surface area contributed by atoms with E-state index in [1.807, 2.05) is 0 Å². The van der Waals surface area contributed by atoms with Crippen LogP contribution in [0.5, 0.6) is 0 Å². The van der Waals surface area contributed by atoms with Crippen molar-refractivity contribution in [1.29, 1.82) is 0 Å². The summed E-state index contributed by atoms with van der Waals surface area (Å²) in [6.45, 7) is 24.4. The normalized spacial score (nSPS) is 24.1. The van der Waals surface area contributed by atoms with Crippen LogP contribution in [0.25, 0.3) is 33.1 Å². The number of benzene rings is 5. The Morgan fingerprint density at radius 1 is 0.673 bits per heavy atom. The van der Waals surface area contributed by atoms with E-state index < -0.39 is 0 Å². The van der Waals surface area contributed by atoms with Gasteiger partial charge in [-0.15, -0.1) is 0 Å². The summed E-state index contributed by atoms with van der Waals surface area (Å²) < 4.78 is 6.98. The lowest BCUT2D eigenvalue weighted by Crippen LogP contribution is -2.64. The molecule has 2 unspecified atom stereocenters. The zero-order valence-electron chi connectivity index (χ0n) is 34.6. The first kappa shape index (κ1) is 33.9. The Kier molecular flexibility index (Phi) is 6.46. The number of hydrogen-bond acceptors (Lipinski definition) is 3. The molecule has 0 spiro atoms. The summed E-state index contributed by atoms with van der Waals surface area (Å²) in [7, 11) is 0. The molecule has 2 atom stereocenters. The third kappa shape index (κ3) is 4.19. The molecule has 3 aliphatic heterocycles. The minimum absolute atomic E-state index is 0.00343. The van der Waals surface area contributed by atoms with E-state index >= 15 is 0 Å². The van der Waals surface area contributed by atoms with E-state index in [4.69, 9.17) is 4.42 Å². The van der Waals surface area contributed by atoms with Crippen molar-refractivity contribution in [1.82, 2.24) is 0 Å². The molecule has 55 heavy (non-hydrogen) atoms. The van der Waals surface area contributed by atoms with Gasteiger partial charge in [0, 0.05) is 39.1 Å². The second-order valence-electron chi connectivity index (χ2n) is 20.8. The smallest absolute Gasteiger partial charge is 0.333 e. The molecule has 2 aliphatic carbocycles. The Bertz CT molecular complexity index is 2660. The van der Waals surface area contributed by atoms with Crippen LogP contribution in [0.3, 0.4) is 0 Å². The predicted octanol–water partition coefficient (Wildman–Crippen LogP) is 12.5. The number of furan rings is 1. The van der Waals surface area contributed by atoms with Crippen LogP contribution in [0.4, 0.5) is 22.7 Å². The average molecular weight is 723 g/mol. The van der Waals surface area contributed by atoms with Crippen molar-refractivity contribution in [3.05, 3.63) is 107 Å². The summed E-state index contributed by atoms with van der Waals surface area (Å²) >= 11 is 0. The van der Waals surface area contributed by atoms with Crippen LogP contribution in [-0.2, 0) is 21.7 Å². The standard InChI is InChI=1S/C51H55BN2O/c1-30-24-34-33-18-19-41-43(35-28-36-37(29-42(35)55-41)49(7,8)23-22-48(36,5)6)45(33)54(32-16-12-11-13-17-32)52-39-27-31(47(2,3)4)26-38-46(39)53(40(25-30)44(34)52)51(10)21-15-14-20-50(38,51)9/h11-13,16-19,24-29H,14-15,20-23H2,1-10H3. The highest BCUT2D eigenvalue weighted by molar-refractivity contribution is 6.94. The molecular weight excluding hydrogens is 667 g/mol. The van der Waals surface area contributed by atoms with Crippen LogP contribution in [0.2, 0.25) is 0 Å². The van der Waals surface area contributed by atoms with E-state index in [0.717, 1.165) is 11.2 Å². The quantitative estimate of drug-likeness (QED) is 0.158. The molecule has 0 amide bonds. The molecule has 0 saturated heterocycles. The van der Waals surface area contributed by atoms with Crippen LogP contribution in [0.15, 0.2) is 83.3 Å². The van der Waals surface area contributed by atoms with Crippen molar-refractivity contribution < 1.29 is 4.42 Å². The van der Waals surface area contributed by atoms with E-state index in [-0.39, 0.29) is 34.0 Å². The highest BCUT2D eigenvalue weighted by atomic mass is 16.3. The van der Waals surface area contributed by atoms with Crippen LogP contribution in [0, 0.1) is 6.92 Å². The van der Waals surface area contributed by atoms with Crippen LogP contribution < -0.4 is 20.6 Å². The summed E-state index contributed by atoms with van der Waals surface area (Å²) in [4.78, 5) is 5.59. The number of para-hydroxylation sites is 1. The number of nitrogens with zero attached hydrogens (tertiary/aromatic N) is 2. The summed E-state index contributed by atoms with van der Waals surface area (Å²) in [5, 5.41) is 2.48. The fraction of sp³-hybridized carbons (Fsp3) is 0.412. The van der Waals surface area contributed by atoms with Crippen LogP contribution in [0.1, 0.15) is 129 Å². The molecular formula is C51H55BN2O. The number of hydrogen-bond donors (Lipinski definition) is 0. The average Bonchev–Trinajstić information content (AvgIpc) is 3.61. The Labute approximate surface area is 328 Å². The van der Waals surface area contributed by atoms with Gasteiger partial charge in [0.1, 0.15) is 11.2 Å². The van der Waals surface area contributed by atoms with Crippen LogP contribution in [-0.4, -0.2) is 12.4 Å². The first-order chi connectivity index (χ1) is 26.0. The van der Waals surface area contributed by atoms with Crippen molar-refractivity contribution in [2.75, 3.05) is 9.71 Å². The molecule has 1 saturated carbocycles. The first-order valence-corrected chi connectivity index (χ1v) is 21.1. The SMILES string of the molecule is Cc1cc2c3c(c1)N1c4c(cc(C(C)(C)C)cc4C4(C)CCCCC14C)B3N(c1ccccc1)c1c-2ccc2oc3cc4c(cc3c12)C(C)(C)CCC4(C)C. The van der Waals surface area contributed by atoms with E-state index in [1.54, 1.807) is 5.56 Å². The zero-order chi connectivity index (χ0) is 38.2. The fourth-order valence-corrected chi connectivity index (χ4v) is 12.1. The van der Waals surface area contributed by atoms with E-state index in [0.29, 0.717) is 0 Å². The number of aryl methyl sites for hydroxylation is 1. The molecule has 1 fully saturated rings. The third-order valence-corrected chi connectivity index (χ3v) is 15.6. The van der Waals surface area contributed by atoms with Crippen molar-refractivity contribution in [3.8, 4) is 11.1 Å². The number of fused-ring (bicyclic) bond motifs is 12. The second-order valence-corrected chi connectivity index (χ2v) is 20.8. The summed E-state index contributed by atoms with van der Waals surface area (Å²) in [6, 6.07) is 31.1. The minimum atomic E-state index is -0.00633. The van der Waals surface area contributed by atoms with Gasteiger partial charge in [-0.25, -0.2) is 0 Å². The van der Waals surface area contributed by atoms with Gasteiger partial charge in [0.15, 0.2) is 0 Å². The lowest BCUT2D eigenvalue weighted by molar-refractivity contribution is 0.195. The van der Waals surface area contributed by atoms with Gasteiger partial charge in [-0.1, -0.05) is 105 Å². The Morgan fingerprint density at radius 2 is 1.38 bits per heavy atom. The maximum atomic E-state index is 6.98. The lowest BCUT2D eigenvalue weighted by atomic mass is 9.43. The second kappa shape index (κ2) is 10.5. The molecule has 3 nitrogen and oxygen atoms in total. The van der Waals surface area contributed by atoms with E-state index in [2.05, 4.69) is 158 Å². The number of anilines is 4. The van der Waals surface area contributed by atoms with Gasteiger partial charge >= 0.3 is 6.85 Å². The Hall–Kier alpha value is -4.44. The molecule has 278 valence electrons. The molecule has 5 aliphatic rings. The molecule has 0 N–H and O–H groups in total. The van der Waals surface area contributed by atoms with E-state index in [1.165, 1.54) is 116 Å². The van der Waals surface area contributed by atoms with Gasteiger partial charge in [-0.3, -0.25) is 0 Å². The van der Waals surface area contributed by atoms with E-state index in [9.17, 15) is 0 Å².